The monoisotopic (exact) mass is 302 g/mol. The summed E-state index contributed by atoms with van der Waals surface area (Å²) in [6.07, 6.45) is 2.31. The second kappa shape index (κ2) is 5.37. The lowest BCUT2D eigenvalue weighted by Crippen LogP contribution is -2.12. The molecule has 1 aliphatic carbocycles. The molecule has 5 nitrogen and oxygen atoms in total. The van der Waals surface area contributed by atoms with Gasteiger partial charge in [0.1, 0.15) is 10.7 Å². The van der Waals surface area contributed by atoms with Crippen molar-refractivity contribution in [2.45, 2.75) is 32.7 Å². The van der Waals surface area contributed by atoms with Crippen LogP contribution in [0.1, 0.15) is 33.6 Å². The number of aromatic nitrogens is 1. The van der Waals surface area contributed by atoms with Crippen molar-refractivity contribution in [3.8, 4) is 0 Å². The topological polar surface area (TPSA) is 80.0 Å². The molecular weight excluding hydrogens is 284 g/mol. The molecule has 1 heterocycles. The highest BCUT2D eigenvalue weighted by Gasteiger charge is 2.24. The van der Waals surface area contributed by atoms with Gasteiger partial charge in [-0.15, -0.1) is 0 Å². The van der Waals surface area contributed by atoms with Gasteiger partial charge in [-0.1, -0.05) is 17.4 Å². The number of thiazole rings is 1. The molecule has 0 unspecified atom stereocenters. The first kappa shape index (κ1) is 13.9. The number of amides is 1. The molecule has 0 aliphatic heterocycles. The number of nitrogens with one attached hydrogen (secondary N) is 2. The van der Waals surface area contributed by atoms with E-state index in [-0.39, 0.29) is 11.7 Å². The summed E-state index contributed by atoms with van der Waals surface area (Å²) in [7, 11) is 0. The van der Waals surface area contributed by atoms with E-state index in [0.29, 0.717) is 10.9 Å². The van der Waals surface area contributed by atoms with E-state index in [0.717, 1.165) is 34.8 Å². The molecule has 0 radical (unpaired) electrons. The average Bonchev–Trinajstić information content (AvgIpc) is 3.10. The van der Waals surface area contributed by atoms with Gasteiger partial charge in [0.05, 0.1) is 0 Å². The molecule has 0 saturated heterocycles. The highest BCUT2D eigenvalue weighted by atomic mass is 32.1. The van der Waals surface area contributed by atoms with Gasteiger partial charge in [0.25, 0.3) is 5.91 Å². The maximum Gasteiger partial charge on any atom is 0.269 e. The first-order valence-corrected chi connectivity index (χ1v) is 7.75. The summed E-state index contributed by atoms with van der Waals surface area (Å²) in [4.78, 5) is 17.0. The lowest BCUT2D eigenvalue weighted by Gasteiger charge is -2.06. The Hall–Kier alpha value is -2.08. The molecule has 0 atom stereocenters. The van der Waals surface area contributed by atoms with Gasteiger partial charge in [0.2, 0.25) is 0 Å². The molecule has 3 rings (SSSR count). The van der Waals surface area contributed by atoms with Crippen LogP contribution in [0.4, 0.5) is 16.6 Å². The number of nitrogens with two attached hydrogens (primary N) is 1. The van der Waals surface area contributed by atoms with Crippen LogP contribution in [0, 0.1) is 13.8 Å². The second-order valence-corrected chi connectivity index (χ2v) is 6.48. The van der Waals surface area contributed by atoms with Gasteiger partial charge in [-0.05, 0) is 49.9 Å². The Labute approximate surface area is 127 Å². The van der Waals surface area contributed by atoms with Crippen LogP contribution in [0.2, 0.25) is 0 Å². The van der Waals surface area contributed by atoms with Crippen molar-refractivity contribution in [1.29, 1.82) is 0 Å². The maximum absolute atomic E-state index is 12.3. The van der Waals surface area contributed by atoms with Gasteiger partial charge in [0, 0.05) is 11.7 Å². The van der Waals surface area contributed by atoms with Crippen molar-refractivity contribution in [2.75, 3.05) is 16.4 Å². The summed E-state index contributed by atoms with van der Waals surface area (Å²) < 4.78 is 0. The molecule has 1 saturated carbocycles. The summed E-state index contributed by atoms with van der Waals surface area (Å²) in [6.45, 7) is 4.00. The molecule has 0 spiro atoms. The van der Waals surface area contributed by atoms with Crippen LogP contribution >= 0.6 is 11.3 Å². The Balaban J connectivity index is 1.76. The number of nitrogens with zero attached hydrogens (tertiary/aromatic N) is 1. The van der Waals surface area contributed by atoms with Crippen LogP contribution < -0.4 is 16.4 Å². The van der Waals surface area contributed by atoms with Gasteiger partial charge >= 0.3 is 0 Å². The standard InChI is InChI=1S/C15H18N4OS/c1-8-5-9(2)7-11(6-8)17-14(20)12-13(16)19-15(21-12)18-10-3-4-10/h5-7,10H,3-4,16H2,1-2H3,(H,17,20)(H,18,19). The molecule has 1 aliphatic rings. The minimum absolute atomic E-state index is 0.209. The summed E-state index contributed by atoms with van der Waals surface area (Å²) >= 11 is 1.30. The fourth-order valence-corrected chi connectivity index (χ4v) is 3.05. The Morgan fingerprint density at radius 2 is 1.95 bits per heavy atom. The highest BCUT2D eigenvalue weighted by Crippen LogP contribution is 2.31. The molecule has 2 aromatic rings. The molecule has 4 N–H and O–H groups in total. The third-order valence-corrected chi connectivity index (χ3v) is 4.25. The number of aryl methyl sites for hydroxylation is 2. The predicted octanol–water partition coefficient (Wildman–Crippen LogP) is 3.17. The van der Waals surface area contributed by atoms with Crippen molar-refractivity contribution in [1.82, 2.24) is 4.98 Å². The molecule has 1 aromatic carbocycles. The predicted molar refractivity (Wildman–Crippen MR) is 87.0 cm³/mol. The number of nitrogen functional groups attached to an aromatic ring is 1. The van der Waals surface area contributed by atoms with Crippen LogP contribution in [0.5, 0.6) is 0 Å². The van der Waals surface area contributed by atoms with Gasteiger partial charge in [-0.25, -0.2) is 4.98 Å². The van der Waals surface area contributed by atoms with Gasteiger partial charge < -0.3 is 16.4 Å². The minimum atomic E-state index is -0.209. The number of carbonyl (C=O) groups excluding carboxylic acids is 1. The van der Waals surface area contributed by atoms with Gasteiger partial charge in [-0.3, -0.25) is 4.79 Å². The van der Waals surface area contributed by atoms with E-state index in [1.54, 1.807) is 0 Å². The Bertz CT molecular complexity index is 671. The van der Waals surface area contributed by atoms with E-state index in [1.807, 2.05) is 26.0 Å². The molecule has 21 heavy (non-hydrogen) atoms. The first-order valence-electron chi connectivity index (χ1n) is 6.94. The van der Waals surface area contributed by atoms with Crippen LogP contribution in [0.3, 0.4) is 0 Å². The number of hydrogen-bond acceptors (Lipinski definition) is 5. The SMILES string of the molecule is Cc1cc(C)cc(NC(=O)c2sc(NC3CC3)nc2N)c1. The van der Waals surface area contributed by atoms with E-state index in [9.17, 15) is 4.79 Å². The average molecular weight is 302 g/mol. The highest BCUT2D eigenvalue weighted by molar-refractivity contribution is 7.18. The largest absolute Gasteiger partial charge is 0.382 e. The van der Waals surface area contributed by atoms with Crippen molar-refractivity contribution < 1.29 is 4.79 Å². The fraction of sp³-hybridized carbons (Fsp3) is 0.333. The summed E-state index contributed by atoms with van der Waals surface area (Å²) in [5.41, 5.74) is 8.85. The maximum atomic E-state index is 12.3. The molecule has 1 aromatic heterocycles. The molecular formula is C15H18N4OS. The zero-order valence-electron chi connectivity index (χ0n) is 12.1. The van der Waals surface area contributed by atoms with Crippen LogP contribution in [-0.4, -0.2) is 16.9 Å². The fourth-order valence-electron chi connectivity index (χ4n) is 2.19. The zero-order valence-corrected chi connectivity index (χ0v) is 12.9. The van der Waals surface area contributed by atoms with Crippen molar-refractivity contribution in [3.05, 3.63) is 34.2 Å². The molecule has 110 valence electrons. The minimum Gasteiger partial charge on any atom is -0.382 e. The van der Waals surface area contributed by atoms with E-state index < -0.39 is 0 Å². The summed E-state index contributed by atoms with van der Waals surface area (Å²) in [6, 6.07) is 6.43. The van der Waals surface area contributed by atoms with Crippen molar-refractivity contribution >= 4 is 33.9 Å². The third kappa shape index (κ3) is 3.33. The Morgan fingerprint density at radius 1 is 1.29 bits per heavy atom. The van der Waals surface area contributed by atoms with Crippen molar-refractivity contribution in [2.24, 2.45) is 0 Å². The Morgan fingerprint density at radius 3 is 2.57 bits per heavy atom. The van der Waals surface area contributed by atoms with Crippen LogP contribution in [-0.2, 0) is 0 Å². The number of rotatable bonds is 4. The van der Waals surface area contributed by atoms with E-state index in [2.05, 4.69) is 21.7 Å². The smallest absolute Gasteiger partial charge is 0.269 e. The van der Waals surface area contributed by atoms with E-state index in [4.69, 9.17) is 5.73 Å². The third-order valence-electron chi connectivity index (χ3n) is 3.24. The normalized spacial score (nSPS) is 14.0. The molecule has 1 fully saturated rings. The van der Waals surface area contributed by atoms with E-state index >= 15 is 0 Å². The molecule has 0 bridgehead atoms. The number of hydrogen-bond donors (Lipinski definition) is 3. The molecule has 6 heteroatoms. The van der Waals surface area contributed by atoms with Crippen LogP contribution in [0.15, 0.2) is 18.2 Å². The number of benzene rings is 1. The molecule has 1 amide bonds. The lowest BCUT2D eigenvalue weighted by atomic mass is 10.1. The number of anilines is 3. The summed E-state index contributed by atoms with van der Waals surface area (Å²) in [5.74, 6) is 0.0730. The quantitative estimate of drug-likeness (QED) is 0.810. The summed E-state index contributed by atoms with van der Waals surface area (Å²) in [5, 5.41) is 6.87. The van der Waals surface area contributed by atoms with Gasteiger partial charge in [-0.2, -0.15) is 0 Å². The van der Waals surface area contributed by atoms with Crippen molar-refractivity contribution in [3.63, 3.8) is 0 Å². The number of carbonyl (C=O) groups is 1. The zero-order chi connectivity index (χ0) is 15.0. The lowest BCUT2D eigenvalue weighted by molar-refractivity contribution is 0.103. The van der Waals surface area contributed by atoms with Gasteiger partial charge in [0.15, 0.2) is 5.13 Å². The first-order chi connectivity index (χ1) is 10.0. The Kier molecular flexibility index (Phi) is 3.55. The second-order valence-electron chi connectivity index (χ2n) is 5.48. The van der Waals surface area contributed by atoms with E-state index in [1.165, 1.54) is 11.3 Å². The van der Waals surface area contributed by atoms with Crippen LogP contribution in [0.25, 0.3) is 0 Å².